The zero-order valence-corrected chi connectivity index (χ0v) is 11.8. The van der Waals surface area contributed by atoms with Crippen molar-refractivity contribution < 1.29 is 9.53 Å². The monoisotopic (exact) mass is 316 g/mol. The number of halogens is 1. The predicted molar refractivity (Wildman–Crippen MR) is 78.9 cm³/mol. The van der Waals surface area contributed by atoms with Crippen molar-refractivity contribution in [1.29, 1.82) is 0 Å². The molecule has 0 saturated heterocycles. The highest BCUT2D eigenvalue weighted by atomic mass is 79.9. The van der Waals surface area contributed by atoms with Crippen LogP contribution in [0.4, 0.5) is 0 Å². The topological polar surface area (TPSA) is 26.3 Å². The zero-order chi connectivity index (χ0) is 13.7. The SMILES string of the molecule is C=CC(OC(=O)c1ccccc1)c1cccc(Br)c1. The van der Waals surface area contributed by atoms with Crippen LogP contribution in [0.3, 0.4) is 0 Å². The van der Waals surface area contributed by atoms with Crippen molar-refractivity contribution in [2.45, 2.75) is 6.10 Å². The minimum atomic E-state index is -0.454. The lowest BCUT2D eigenvalue weighted by molar-refractivity contribution is 0.0392. The summed E-state index contributed by atoms with van der Waals surface area (Å²) in [7, 11) is 0. The van der Waals surface area contributed by atoms with Crippen LogP contribution in [0, 0.1) is 0 Å². The molecule has 1 atom stereocenters. The molecule has 2 rings (SSSR count). The molecule has 0 aliphatic rings. The van der Waals surface area contributed by atoms with Gasteiger partial charge in [-0.15, -0.1) is 0 Å². The highest BCUT2D eigenvalue weighted by Gasteiger charge is 2.14. The Morgan fingerprint density at radius 3 is 2.53 bits per heavy atom. The predicted octanol–water partition coefficient (Wildman–Crippen LogP) is 4.53. The van der Waals surface area contributed by atoms with E-state index in [9.17, 15) is 4.79 Å². The van der Waals surface area contributed by atoms with Crippen molar-refractivity contribution >= 4 is 21.9 Å². The molecule has 0 radical (unpaired) electrons. The molecule has 0 bridgehead atoms. The average Bonchev–Trinajstić information content (AvgIpc) is 2.45. The van der Waals surface area contributed by atoms with E-state index < -0.39 is 6.10 Å². The fourth-order valence-corrected chi connectivity index (χ4v) is 2.11. The van der Waals surface area contributed by atoms with Gasteiger partial charge in [0, 0.05) is 4.47 Å². The van der Waals surface area contributed by atoms with E-state index in [0.717, 1.165) is 10.0 Å². The first-order valence-corrected chi connectivity index (χ1v) is 6.64. The molecular weight excluding hydrogens is 304 g/mol. The maximum atomic E-state index is 12.0. The molecular formula is C16H13BrO2. The second kappa shape index (κ2) is 6.34. The van der Waals surface area contributed by atoms with Gasteiger partial charge in [0.25, 0.3) is 0 Å². The van der Waals surface area contributed by atoms with Gasteiger partial charge in [-0.1, -0.05) is 52.8 Å². The fourth-order valence-electron chi connectivity index (χ4n) is 1.69. The van der Waals surface area contributed by atoms with Crippen molar-refractivity contribution in [3.05, 3.63) is 82.9 Å². The molecule has 0 aliphatic heterocycles. The molecule has 2 nitrogen and oxygen atoms in total. The third-order valence-electron chi connectivity index (χ3n) is 2.63. The van der Waals surface area contributed by atoms with Gasteiger partial charge in [-0.2, -0.15) is 0 Å². The Hall–Kier alpha value is -1.87. The number of carbonyl (C=O) groups excluding carboxylic acids is 1. The summed E-state index contributed by atoms with van der Waals surface area (Å²) in [4.78, 5) is 12.0. The molecule has 0 aliphatic carbocycles. The van der Waals surface area contributed by atoms with E-state index in [2.05, 4.69) is 22.5 Å². The number of hydrogen-bond acceptors (Lipinski definition) is 2. The first kappa shape index (κ1) is 13.6. The summed E-state index contributed by atoms with van der Waals surface area (Å²) in [6, 6.07) is 16.5. The summed E-state index contributed by atoms with van der Waals surface area (Å²) in [5.74, 6) is -0.356. The van der Waals surface area contributed by atoms with Gasteiger partial charge in [-0.05, 0) is 35.9 Å². The lowest BCUT2D eigenvalue weighted by Crippen LogP contribution is -2.09. The average molecular weight is 317 g/mol. The van der Waals surface area contributed by atoms with Crippen LogP contribution in [0.25, 0.3) is 0 Å². The van der Waals surface area contributed by atoms with Gasteiger partial charge in [0.2, 0.25) is 0 Å². The lowest BCUT2D eigenvalue weighted by atomic mass is 10.1. The Bertz CT molecular complexity index is 578. The third-order valence-corrected chi connectivity index (χ3v) is 3.13. The smallest absolute Gasteiger partial charge is 0.339 e. The second-order valence-electron chi connectivity index (χ2n) is 3.98. The van der Waals surface area contributed by atoms with E-state index in [1.165, 1.54) is 0 Å². The van der Waals surface area contributed by atoms with E-state index in [0.29, 0.717) is 5.56 Å². The van der Waals surface area contributed by atoms with Gasteiger partial charge in [0.1, 0.15) is 6.10 Å². The molecule has 2 aromatic carbocycles. The molecule has 0 saturated carbocycles. The quantitative estimate of drug-likeness (QED) is 0.611. The van der Waals surface area contributed by atoms with Crippen LogP contribution in [-0.2, 0) is 4.74 Å². The molecule has 3 heteroatoms. The highest BCUT2D eigenvalue weighted by molar-refractivity contribution is 9.10. The van der Waals surface area contributed by atoms with Crippen LogP contribution in [0.15, 0.2) is 71.7 Å². The minimum absolute atomic E-state index is 0.356. The van der Waals surface area contributed by atoms with Crippen LogP contribution in [0.5, 0.6) is 0 Å². The first-order chi connectivity index (χ1) is 9.20. The Labute approximate surface area is 120 Å². The van der Waals surface area contributed by atoms with Crippen LogP contribution >= 0.6 is 15.9 Å². The number of benzene rings is 2. The van der Waals surface area contributed by atoms with Crippen molar-refractivity contribution in [3.63, 3.8) is 0 Å². The van der Waals surface area contributed by atoms with Gasteiger partial charge in [0.05, 0.1) is 5.56 Å². The molecule has 0 N–H and O–H groups in total. The van der Waals surface area contributed by atoms with E-state index in [-0.39, 0.29) is 5.97 Å². The van der Waals surface area contributed by atoms with Gasteiger partial charge >= 0.3 is 5.97 Å². The van der Waals surface area contributed by atoms with Crippen LogP contribution in [-0.4, -0.2) is 5.97 Å². The largest absolute Gasteiger partial charge is 0.450 e. The summed E-state index contributed by atoms with van der Waals surface area (Å²) in [5, 5.41) is 0. The van der Waals surface area contributed by atoms with Crippen LogP contribution in [0.2, 0.25) is 0 Å². The molecule has 96 valence electrons. The van der Waals surface area contributed by atoms with Crippen LogP contribution < -0.4 is 0 Å². The van der Waals surface area contributed by atoms with Gasteiger partial charge < -0.3 is 4.74 Å². The Morgan fingerprint density at radius 1 is 1.16 bits per heavy atom. The van der Waals surface area contributed by atoms with E-state index in [1.54, 1.807) is 30.3 Å². The number of carbonyl (C=O) groups is 1. The van der Waals surface area contributed by atoms with Gasteiger partial charge in [0.15, 0.2) is 0 Å². The maximum Gasteiger partial charge on any atom is 0.339 e. The molecule has 0 aromatic heterocycles. The Balaban J connectivity index is 2.16. The van der Waals surface area contributed by atoms with Crippen molar-refractivity contribution in [2.24, 2.45) is 0 Å². The normalized spacial score (nSPS) is 11.6. The molecule has 0 amide bonds. The van der Waals surface area contributed by atoms with E-state index in [4.69, 9.17) is 4.74 Å². The summed E-state index contributed by atoms with van der Waals surface area (Å²) in [5.41, 5.74) is 1.41. The standard InChI is InChI=1S/C16H13BrO2/c1-2-15(13-9-6-10-14(17)11-13)19-16(18)12-7-4-3-5-8-12/h2-11,15H,1H2. The van der Waals surface area contributed by atoms with Crippen molar-refractivity contribution in [3.8, 4) is 0 Å². The molecule has 19 heavy (non-hydrogen) atoms. The number of hydrogen-bond donors (Lipinski definition) is 0. The Kier molecular flexibility index (Phi) is 4.53. The second-order valence-corrected chi connectivity index (χ2v) is 4.90. The van der Waals surface area contributed by atoms with E-state index >= 15 is 0 Å². The fraction of sp³-hybridized carbons (Fsp3) is 0.0625. The maximum absolute atomic E-state index is 12.0. The van der Waals surface area contributed by atoms with Crippen molar-refractivity contribution in [2.75, 3.05) is 0 Å². The number of rotatable bonds is 4. The third kappa shape index (κ3) is 3.55. The first-order valence-electron chi connectivity index (χ1n) is 5.85. The minimum Gasteiger partial charge on any atom is -0.450 e. The van der Waals surface area contributed by atoms with Crippen molar-refractivity contribution in [1.82, 2.24) is 0 Å². The molecule has 2 aromatic rings. The number of ether oxygens (including phenoxy) is 1. The molecule has 0 spiro atoms. The summed E-state index contributed by atoms with van der Waals surface area (Å²) in [6.45, 7) is 3.72. The summed E-state index contributed by atoms with van der Waals surface area (Å²) in [6.07, 6.45) is 1.16. The Morgan fingerprint density at radius 2 is 1.89 bits per heavy atom. The van der Waals surface area contributed by atoms with Gasteiger partial charge in [-0.3, -0.25) is 0 Å². The number of esters is 1. The molecule has 0 heterocycles. The summed E-state index contributed by atoms with van der Waals surface area (Å²) < 4.78 is 6.39. The van der Waals surface area contributed by atoms with E-state index in [1.807, 2.05) is 30.3 Å². The zero-order valence-electron chi connectivity index (χ0n) is 10.3. The molecule has 1 unspecified atom stereocenters. The molecule has 0 fully saturated rings. The highest BCUT2D eigenvalue weighted by Crippen LogP contribution is 2.23. The van der Waals surface area contributed by atoms with Crippen LogP contribution in [0.1, 0.15) is 22.0 Å². The van der Waals surface area contributed by atoms with Gasteiger partial charge in [-0.25, -0.2) is 4.79 Å². The summed E-state index contributed by atoms with van der Waals surface area (Å²) >= 11 is 3.40. The lowest BCUT2D eigenvalue weighted by Gasteiger charge is -2.14.